The molecule has 1 fully saturated rings. The van der Waals surface area contributed by atoms with Crippen LogP contribution in [0.3, 0.4) is 0 Å². The Morgan fingerprint density at radius 3 is 2.45 bits per heavy atom. The van der Waals surface area contributed by atoms with E-state index in [9.17, 15) is 9.59 Å². The molecule has 5 nitrogen and oxygen atoms in total. The molecule has 0 radical (unpaired) electrons. The van der Waals surface area contributed by atoms with Crippen LogP contribution in [-0.2, 0) is 0 Å². The molecule has 2 aromatic rings. The summed E-state index contributed by atoms with van der Waals surface area (Å²) in [5.74, 6) is -0.494. The van der Waals surface area contributed by atoms with Gasteiger partial charge in [-0.25, -0.2) is 0 Å². The first-order valence-corrected chi connectivity index (χ1v) is 7.74. The minimum Gasteiger partial charge on any atom is -0.349 e. The summed E-state index contributed by atoms with van der Waals surface area (Å²) in [4.78, 5) is 28.2. The van der Waals surface area contributed by atoms with E-state index in [1.54, 1.807) is 12.1 Å². The number of carbonyl (C=O) groups excluding carboxylic acids is 2. The molecule has 2 N–H and O–H groups in total. The largest absolute Gasteiger partial charge is 0.349 e. The predicted molar refractivity (Wildman–Crippen MR) is 86.8 cm³/mol. The zero-order chi connectivity index (χ0) is 15.5. The van der Waals surface area contributed by atoms with Crippen LogP contribution in [0.2, 0.25) is 0 Å². The zero-order valence-electron chi connectivity index (χ0n) is 11.7. The molecule has 0 spiro atoms. The van der Waals surface area contributed by atoms with E-state index in [0.717, 1.165) is 17.3 Å². The Morgan fingerprint density at radius 1 is 1.09 bits per heavy atom. The van der Waals surface area contributed by atoms with Crippen molar-refractivity contribution < 1.29 is 9.59 Å². The first-order valence-electron chi connectivity index (χ1n) is 6.95. The third kappa shape index (κ3) is 3.51. The van der Waals surface area contributed by atoms with Crippen molar-refractivity contribution in [3.05, 3.63) is 58.3 Å². The Kier molecular flexibility index (Phi) is 4.20. The van der Waals surface area contributed by atoms with Gasteiger partial charge in [-0.05, 0) is 47.0 Å². The van der Waals surface area contributed by atoms with Crippen LogP contribution in [0, 0.1) is 0 Å². The number of hydrogen-bond donors (Lipinski definition) is 2. The van der Waals surface area contributed by atoms with Crippen molar-refractivity contribution in [3.63, 3.8) is 0 Å². The fraction of sp³-hybridized carbons (Fsp3) is 0.188. The second kappa shape index (κ2) is 6.27. The minimum atomic E-state index is -0.305. The van der Waals surface area contributed by atoms with Gasteiger partial charge in [0.2, 0.25) is 0 Å². The van der Waals surface area contributed by atoms with Crippen molar-refractivity contribution in [1.29, 1.82) is 0 Å². The van der Waals surface area contributed by atoms with E-state index < -0.39 is 0 Å². The van der Waals surface area contributed by atoms with Gasteiger partial charge in [0, 0.05) is 22.9 Å². The van der Waals surface area contributed by atoms with Gasteiger partial charge in [0.05, 0.1) is 16.8 Å². The van der Waals surface area contributed by atoms with Gasteiger partial charge in [-0.1, -0.05) is 12.1 Å². The highest BCUT2D eigenvalue weighted by Crippen LogP contribution is 2.22. The van der Waals surface area contributed by atoms with Gasteiger partial charge in [0.1, 0.15) is 0 Å². The van der Waals surface area contributed by atoms with Crippen molar-refractivity contribution in [3.8, 4) is 0 Å². The van der Waals surface area contributed by atoms with E-state index in [0.29, 0.717) is 16.8 Å². The van der Waals surface area contributed by atoms with Crippen molar-refractivity contribution in [2.24, 2.45) is 0 Å². The lowest BCUT2D eigenvalue weighted by Gasteiger charge is -2.08. The Bertz CT molecular complexity index is 729. The molecule has 22 heavy (non-hydrogen) atoms. The third-order valence-electron chi connectivity index (χ3n) is 3.30. The maximum atomic E-state index is 12.3. The van der Waals surface area contributed by atoms with E-state index in [1.807, 2.05) is 18.2 Å². The average molecular weight is 360 g/mol. The average Bonchev–Trinajstić information content (AvgIpc) is 3.33. The molecule has 0 bridgehead atoms. The molecule has 2 amide bonds. The van der Waals surface area contributed by atoms with Crippen LogP contribution in [0.1, 0.15) is 33.6 Å². The molecule has 0 aliphatic heterocycles. The highest BCUT2D eigenvalue weighted by Gasteiger charge is 2.24. The van der Waals surface area contributed by atoms with Crippen molar-refractivity contribution in [1.82, 2.24) is 10.3 Å². The number of halogens is 1. The van der Waals surface area contributed by atoms with Gasteiger partial charge in [-0.2, -0.15) is 0 Å². The highest BCUT2D eigenvalue weighted by atomic mass is 79.9. The maximum Gasteiger partial charge on any atom is 0.257 e. The van der Waals surface area contributed by atoms with Crippen molar-refractivity contribution in [2.45, 2.75) is 18.9 Å². The number of para-hydroxylation sites is 1. The van der Waals surface area contributed by atoms with Gasteiger partial charge in [-0.3, -0.25) is 14.6 Å². The summed E-state index contributed by atoms with van der Waals surface area (Å²) in [7, 11) is 0. The molecule has 112 valence electrons. The summed E-state index contributed by atoms with van der Waals surface area (Å²) < 4.78 is 0.791. The normalized spacial score (nSPS) is 13.5. The summed E-state index contributed by atoms with van der Waals surface area (Å²) >= 11 is 3.37. The number of carbonyl (C=O) groups is 2. The summed E-state index contributed by atoms with van der Waals surface area (Å²) in [6.45, 7) is 0. The highest BCUT2D eigenvalue weighted by molar-refractivity contribution is 9.10. The maximum absolute atomic E-state index is 12.3. The van der Waals surface area contributed by atoms with Gasteiger partial charge >= 0.3 is 0 Å². The lowest BCUT2D eigenvalue weighted by atomic mass is 10.2. The fourth-order valence-electron chi connectivity index (χ4n) is 1.94. The number of amides is 2. The Labute approximate surface area is 136 Å². The van der Waals surface area contributed by atoms with Gasteiger partial charge < -0.3 is 10.6 Å². The Balaban J connectivity index is 1.75. The van der Waals surface area contributed by atoms with E-state index in [-0.39, 0.29) is 17.9 Å². The second-order valence-corrected chi connectivity index (χ2v) is 6.00. The molecule has 0 unspecified atom stereocenters. The van der Waals surface area contributed by atoms with Crippen LogP contribution in [0.25, 0.3) is 0 Å². The molecule has 3 rings (SSSR count). The van der Waals surface area contributed by atoms with E-state index in [1.165, 1.54) is 12.4 Å². The fourth-order valence-corrected chi connectivity index (χ4v) is 2.33. The third-order valence-corrected chi connectivity index (χ3v) is 3.99. The lowest BCUT2D eigenvalue weighted by Crippen LogP contribution is -2.26. The Morgan fingerprint density at radius 2 is 1.77 bits per heavy atom. The summed E-state index contributed by atoms with van der Waals surface area (Å²) in [5, 5.41) is 5.67. The number of nitrogens with one attached hydrogen (secondary N) is 2. The molecule has 1 aromatic carbocycles. The standard InChI is InChI=1S/C16H14BrN3O2/c17-13-3-1-2-4-14(13)20-16(22)11-7-10(8-18-9-11)15(21)19-12-5-6-12/h1-4,7-9,12H,5-6H2,(H,19,21)(H,20,22). The van der Waals surface area contributed by atoms with Crippen LogP contribution in [0.4, 0.5) is 5.69 Å². The SMILES string of the molecule is O=C(Nc1ccccc1Br)c1cncc(C(=O)NC2CC2)c1. The smallest absolute Gasteiger partial charge is 0.257 e. The molecule has 1 aromatic heterocycles. The van der Waals surface area contributed by atoms with Crippen LogP contribution < -0.4 is 10.6 Å². The number of hydrogen-bond acceptors (Lipinski definition) is 3. The predicted octanol–water partition coefficient (Wildman–Crippen LogP) is 2.99. The molecule has 1 saturated carbocycles. The number of anilines is 1. The number of benzene rings is 1. The zero-order valence-corrected chi connectivity index (χ0v) is 13.3. The topological polar surface area (TPSA) is 71.1 Å². The van der Waals surface area contributed by atoms with E-state index in [4.69, 9.17) is 0 Å². The van der Waals surface area contributed by atoms with Crippen LogP contribution >= 0.6 is 15.9 Å². The monoisotopic (exact) mass is 359 g/mol. The number of aromatic nitrogens is 1. The number of rotatable bonds is 4. The van der Waals surface area contributed by atoms with Gasteiger partial charge in [0.15, 0.2) is 0 Å². The molecule has 0 atom stereocenters. The minimum absolute atomic E-state index is 0.189. The van der Waals surface area contributed by atoms with Crippen LogP contribution in [0.5, 0.6) is 0 Å². The first-order chi connectivity index (χ1) is 10.6. The molecular formula is C16H14BrN3O2. The summed E-state index contributed by atoms with van der Waals surface area (Å²) in [6, 6.07) is 9.15. The van der Waals surface area contributed by atoms with Crippen molar-refractivity contribution in [2.75, 3.05) is 5.32 Å². The molecule has 1 heterocycles. The van der Waals surface area contributed by atoms with Gasteiger partial charge in [0.25, 0.3) is 11.8 Å². The number of pyridine rings is 1. The molecule has 1 aliphatic rings. The van der Waals surface area contributed by atoms with Crippen LogP contribution in [-0.4, -0.2) is 22.8 Å². The Hall–Kier alpha value is -2.21. The molecular weight excluding hydrogens is 346 g/mol. The quantitative estimate of drug-likeness (QED) is 0.881. The molecule has 1 aliphatic carbocycles. The molecule has 6 heteroatoms. The number of nitrogens with zero attached hydrogens (tertiary/aromatic N) is 1. The van der Waals surface area contributed by atoms with Crippen molar-refractivity contribution >= 4 is 33.4 Å². The second-order valence-electron chi connectivity index (χ2n) is 5.14. The first kappa shape index (κ1) is 14.7. The lowest BCUT2D eigenvalue weighted by molar-refractivity contribution is 0.0950. The summed E-state index contributed by atoms with van der Waals surface area (Å²) in [5.41, 5.74) is 1.41. The van der Waals surface area contributed by atoms with E-state index in [2.05, 4.69) is 31.5 Å². The van der Waals surface area contributed by atoms with E-state index >= 15 is 0 Å². The summed E-state index contributed by atoms with van der Waals surface area (Å²) in [6.07, 6.45) is 4.94. The van der Waals surface area contributed by atoms with Gasteiger partial charge in [-0.15, -0.1) is 0 Å². The van der Waals surface area contributed by atoms with Crippen LogP contribution in [0.15, 0.2) is 47.2 Å². The molecule has 0 saturated heterocycles.